The van der Waals surface area contributed by atoms with E-state index in [4.69, 9.17) is 0 Å². The van der Waals surface area contributed by atoms with Crippen molar-refractivity contribution >= 4 is 0 Å². The maximum Gasteiger partial charge on any atom is 0.105 e. The maximum absolute atomic E-state index is 4.20. The summed E-state index contributed by atoms with van der Waals surface area (Å²) in [5.41, 5.74) is 1.06. The highest BCUT2D eigenvalue weighted by Gasteiger charge is 2.10. The zero-order valence-corrected chi connectivity index (χ0v) is 12.1. The molecule has 2 aromatic rings. The number of nitrogens with one attached hydrogen (secondary N) is 1. The number of rotatable bonds is 5. The Labute approximate surface area is 113 Å². The Kier molecular flexibility index (Phi) is 3.99. The predicted octanol–water partition coefficient (Wildman–Crippen LogP) is 1.37. The number of aryl methyl sites for hydroxylation is 3. The van der Waals surface area contributed by atoms with Crippen LogP contribution in [0.15, 0.2) is 18.6 Å². The number of hydrogen-bond donors (Lipinski definition) is 1. The van der Waals surface area contributed by atoms with E-state index >= 15 is 0 Å². The molecule has 0 aliphatic heterocycles. The lowest BCUT2D eigenvalue weighted by Gasteiger charge is -2.19. The van der Waals surface area contributed by atoms with Gasteiger partial charge in [0, 0.05) is 37.2 Å². The fraction of sp³-hybridized carbons (Fsp3) is 0.615. The molecule has 19 heavy (non-hydrogen) atoms. The minimum absolute atomic E-state index is 0.0949. The van der Waals surface area contributed by atoms with Gasteiger partial charge in [-0.2, -0.15) is 0 Å². The summed E-state index contributed by atoms with van der Waals surface area (Å²) in [7, 11) is 0. The Balaban J connectivity index is 1.86. The number of imidazole rings is 1. The first-order chi connectivity index (χ1) is 8.94. The van der Waals surface area contributed by atoms with E-state index in [2.05, 4.69) is 46.0 Å². The van der Waals surface area contributed by atoms with Crippen molar-refractivity contribution < 1.29 is 0 Å². The Morgan fingerprint density at radius 1 is 1.26 bits per heavy atom. The van der Waals surface area contributed by atoms with Gasteiger partial charge >= 0.3 is 0 Å². The summed E-state index contributed by atoms with van der Waals surface area (Å²) < 4.78 is 3.98. The summed E-state index contributed by atoms with van der Waals surface area (Å²) in [6, 6.07) is 0. The lowest BCUT2D eigenvalue weighted by Crippen LogP contribution is -2.35. The summed E-state index contributed by atoms with van der Waals surface area (Å²) in [6.45, 7) is 10.8. The first-order valence-electron chi connectivity index (χ1n) is 6.56. The molecule has 0 saturated heterocycles. The fourth-order valence-corrected chi connectivity index (χ4v) is 1.73. The van der Waals surface area contributed by atoms with Gasteiger partial charge in [0.15, 0.2) is 0 Å². The smallest absolute Gasteiger partial charge is 0.105 e. The molecule has 0 aliphatic carbocycles. The minimum atomic E-state index is 0.0949. The zero-order valence-electron chi connectivity index (χ0n) is 12.1. The average Bonchev–Trinajstić information content (AvgIpc) is 2.92. The molecule has 6 heteroatoms. The van der Waals surface area contributed by atoms with Crippen molar-refractivity contribution in [2.45, 2.75) is 52.9 Å². The van der Waals surface area contributed by atoms with E-state index in [0.717, 1.165) is 31.2 Å². The van der Waals surface area contributed by atoms with E-state index in [1.807, 2.05) is 30.2 Å². The summed E-state index contributed by atoms with van der Waals surface area (Å²) in [5, 5.41) is 11.7. The van der Waals surface area contributed by atoms with Crippen molar-refractivity contribution in [2.75, 3.05) is 0 Å². The molecular formula is C13H22N6. The minimum Gasteiger partial charge on any atom is -0.333 e. The SMILES string of the molecule is Cc1nccn1CCn1cc(CNC(C)(C)C)nn1. The predicted molar refractivity (Wildman–Crippen MR) is 73.6 cm³/mol. The van der Waals surface area contributed by atoms with Crippen molar-refractivity contribution in [3.8, 4) is 0 Å². The topological polar surface area (TPSA) is 60.6 Å². The van der Waals surface area contributed by atoms with Crippen molar-refractivity contribution in [2.24, 2.45) is 0 Å². The second-order valence-electron chi connectivity index (χ2n) is 5.74. The molecule has 0 bridgehead atoms. The summed E-state index contributed by atoms with van der Waals surface area (Å²) in [6.07, 6.45) is 5.79. The van der Waals surface area contributed by atoms with Crippen molar-refractivity contribution in [1.82, 2.24) is 29.9 Å². The van der Waals surface area contributed by atoms with Crippen molar-refractivity contribution in [1.29, 1.82) is 0 Å². The molecule has 104 valence electrons. The van der Waals surface area contributed by atoms with E-state index < -0.39 is 0 Å². The highest BCUT2D eigenvalue weighted by molar-refractivity contribution is 4.93. The van der Waals surface area contributed by atoms with E-state index in [9.17, 15) is 0 Å². The summed E-state index contributed by atoms with van der Waals surface area (Å²) in [5.74, 6) is 1.02. The number of aromatic nitrogens is 5. The first-order valence-corrected chi connectivity index (χ1v) is 6.56. The van der Waals surface area contributed by atoms with Gasteiger partial charge in [-0.15, -0.1) is 5.10 Å². The lowest BCUT2D eigenvalue weighted by molar-refractivity contribution is 0.421. The van der Waals surface area contributed by atoms with Gasteiger partial charge in [0.1, 0.15) is 5.82 Å². The third-order valence-electron chi connectivity index (χ3n) is 2.88. The first kappa shape index (κ1) is 13.7. The van der Waals surface area contributed by atoms with Crippen molar-refractivity contribution in [3.05, 3.63) is 30.1 Å². The second kappa shape index (κ2) is 5.52. The van der Waals surface area contributed by atoms with Crippen LogP contribution in [0.4, 0.5) is 0 Å². The van der Waals surface area contributed by atoms with Crippen LogP contribution in [0, 0.1) is 6.92 Å². The van der Waals surface area contributed by atoms with Crippen LogP contribution >= 0.6 is 0 Å². The number of hydrogen-bond acceptors (Lipinski definition) is 4. The van der Waals surface area contributed by atoms with Gasteiger partial charge in [-0.1, -0.05) is 5.21 Å². The molecule has 0 atom stereocenters. The average molecular weight is 262 g/mol. The molecule has 0 fully saturated rings. The Morgan fingerprint density at radius 3 is 2.68 bits per heavy atom. The van der Waals surface area contributed by atoms with Gasteiger partial charge in [-0.05, 0) is 27.7 Å². The van der Waals surface area contributed by atoms with Crippen LogP contribution in [0.3, 0.4) is 0 Å². The normalized spacial score (nSPS) is 12.0. The molecule has 2 aromatic heterocycles. The molecule has 0 radical (unpaired) electrons. The highest BCUT2D eigenvalue weighted by atomic mass is 15.4. The second-order valence-corrected chi connectivity index (χ2v) is 5.74. The quantitative estimate of drug-likeness (QED) is 0.884. The molecule has 0 amide bonds. The Bertz CT molecular complexity index is 519. The molecular weight excluding hydrogens is 240 g/mol. The van der Waals surface area contributed by atoms with E-state index in [1.165, 1.54) is 0 Å². The Hall–Kier alpha value is -1.69. The monoisotopic (exact) mass is 262 g/mol. The van der Waals surface area contributed by atoms with Crippen LogP contribution < -0.4 is 5.32 Å². The number of nitrogens with zero attached hydrogens (tertiary/aromatic N) is 5. The van der Waals surface area contributed by atoms with Crippen LogP contribution in [0.1, 0.15) is 32.3 Å². The standard InChI is InChI=1S/C13H22N6/c1-11-14-5-6-18(11)7-8-19-10-12(16-17-19)9-15-13(2,3)4/h5-6,10,15H,7-9H2,1-4H3. The van der Waals surface area contributed by atoms with Crippen LogP contribution in [0.25, 0.3) is 0 Å². The molecule has 0 aliphatic rings. The molecule has 0 unspecified atom stereocenters. The molecule has 0 spiro atoms. The van der Waals surface area contributed by atoms with Crippen LogP contribution in [0.2, 0.25) is 0 Å². The Morgan fingerprint density at radius 2 is 2.05 bits per heavy atom. The fourth-order valence-electron chi connectivity index (χ4n) is 1.73. The molecule has 6 nitrogen and oxygen atoms in total. The molecule has 0 saturated carbocycles. The van der Waals surface area contributed by atoms with Crippen molar-refractivity contribution in [3.63, 3.8) is 0 Å². The molecule has 1 N–H and O–H groups in total. The van der Waals surface area contributed by atoms with Gasteiger partial charge in [0.05, 0.1) is 12.2 Å². The van der Waals surface area contributed by atoms with E-state index in [0.29, 0.717) is 0 Å². The molecule has 2 rings (SSSR count). The van der Waals surface area contributed by atoms with Gasteiger partial charge in [-0.3, -0.25) is 4.68 Å². The van der Waals surface area contributed by atoms with E-state index in [1.54, 1.807) is 0 Å². The van der Waals surface area contributed by atoms with E-state index in [-0.39, 0.29) is 5.54 Å². The van der Waals surface area contributed by atoms with Gasteiger partial charge < -0.3 is 9.88 Å². The lowest BCUT2D eigenvalue weighted by atomic mass is 10.1. The summed E-state index contributed by atoms with van der Waals surface area (Å²) in [4.78, 5) is 4.20. The molecule has 0 aromatic carbocycles. The van der Waals surface area contributed by atoms with Gasteiger partial charge in [0.25, 0.3) is 0 Å². The summed E-state index contributed by atoms with van der Waals surface area (Å²) >= 11 is 0. The molecule has 2 heterocycles. The van der Waals surface area contributed by atoms with Crippen LogP contribution in [-0.4, -0.2) is 30.1 Å². The third kappa shape index (κ3) is 4.17. The maximum atomic E-state index is 4.20. The van der Waals surface area contributed by atoms with Gasteiger partial charge in [0.2, 0.25) is 0 Å². The third-order valence-corrected chi connectivity index (χ3v) is 2.88. The zero-order chi connectivity index (χ0) is 13.9. The largest absolute Gasteiger partial charge is 0.333 e. The van der Waals surface area contributed by atoms with Crippen LogP contribution in [0.5, 0.6) is 0 Å². The van der Waals surface area contributed by atoms with Crippen LogP contribution in [-0.2, 0) is 19.6 Å². The van der Waals surface area contributed by atoms with Gasteiger partial charge in [-0.25, -0.2) is 4.98 Å². The highest BCUT2D eigenvalue weighted by Crippen LogP contribution is 2.02.